The number of halogens is 3. The Morgan fingerprint density at radius 3 is 2.14 bits per heavy atom. The van der Waals surface area contributed by atoms with E-state index in [2.05, 4.69) is 13.8 Å². The van der Waals surface area contributed by atoms with Crippen LogP contribution in [0.2, 0.25) is 0 Å². The van der Waals surface area contributed by atoms with Gasteiger partial charge in [-0.05, 0) is 19.3 Å². The summed E-state index contributed by atoms with van der Waals surface area (Å²) in [4.78, 5) is 0. The van der Waals surface area contributed by atoms with E-state index in [1.807, 2.05) is 13.8 Å². The van der Waals surface area contributed by atoms with Crippen LogP contribution >= 0.6 is 0 Å². The van der Waals surface area contributed by atoms with Crippen molar-refractivity contribution < 1.29 is 22.6 Å². The van der Waals surface area contributed by atoms with Crippen LogP contribution in [0.4, 0.5) is 13.2 Å². The van der Waals surface area contributed by atoms with Crippen LogP contribution in [0.15, 0.2) is 0 Å². The molecule has 1 aliphatic heterocycles. The van der Waals surface area contributed by atoms with Crippen LogP contribution in [0.3, 0.4) is 0 Å². The van der Waals surface area contributed by atoms with Gasteiger partial charge in [0.25, 0.3) is 0 Å². The number of alkyl halides is 3. The van der Waals surface area contributed by atoms with Crippen LogP contribution in [0.25, 0.3) is 0 Å². The molecule has 0 aromatic rings. The Labute approximate surface area is 132 Å². The molecule has 0 aromatic heterocycles. The van der Waals surface area contributed by atoms with Crippen molar-refractivity contribution in [1.29, 1.82) is 0 Å². The molecule has 132 valence electrons. The molecular weight excluding hydrogens is 293 g/mol. The van der Waals surface area contributed by atoms with Gasteiger partial charge < -0.3 is 9.47 Å². The lowest BCUT2D eigenvalue weighted by Crippen LogP contribution is -2.48. The minimum atomic E-state index is -4.35. The van der Waals surface area contributed by atoms with E-state index in [4.69, 9.17) is 9.47 Å². The highest BCUT2D eigenvalue weighted by Gasteiger charge is 2.58. The van der Waals surface area contributed by atoms with Gasteiger partial charge in [-0.1, -0.05) is 59.8 Å². The molecule has 0 amide bonds. The molecule has 1 aliphatic rings. The highest BCUT2D eigenvalue weighted by atomic mass is 19.4. The predicted molar refractivity (Wildman–Crippen MR) is 81.7 cm³/mol. The van der Waals surface area contributed by atoms with Crippen molar-refractivity contribution in [3.8, 4) is 0 Å². The van der Waals surface area contributed by atoms with Gasteiger partial charge in [0.05, 0.1) is 6.61 Å². The number of hydrogen-bond donors (Lipinski definition) is 0. The Hall–Kier alpha value is -0.290. The molecule has 5 heteroatoms. The standard InChI is InChI=1S/C17H31F3O2/c1-5-8-9-10-12-15(4,11-6-2)16(7-3)21-13-14(22-16)17(18,19)20/h14H,5-13H2,1-4H3/t14-,15?,16+/m0/s1. The average Bonchev–Trinajstić information content (AvgIpc) is 2.90. The van der Waals surface area contributed by atoms with Gasteiger partial charge in [0.1, 0.15) is 0 Å². The SMILES string of the molecule is CCCCCCC(C)(CCC)[C@]1(CC)OC[C@@H](C(F)(F)F)O1. The average molecular weight is 324 g/mol. The number of ether oxygens (including phenoxy) is 2. The highest BCUT2D eigenvalue weighted by molar-refractivity contribution is 4.95. The van der Waals surface area contributed by atoms with Crippen molar-refractivity contribution in [3.05, 3.63) is 0 Å². The molecule has 0 aromatic carbocycles. The molecule has 1 rings (SSSR count). The second-order valence-electron chi connectivity index (χ2n) is 6.69. The first-order valence-electron chi connectivity index (χ1n) is 8.63. The number of hydrogen-bond acceptors (Lipinski definition) is 2. The lowest BCUT2D eigenvalue weighted by atomic mass is 9.72. The lowest BCUT2D eigenvalue weighted by Gasteiger charge is -2.45. The first kappa shape index (κ1) is 19.8. The van der Waals surface area contributed by atoms with Gasteiger partial charge in [-0.15, -0.1) is 0 Å². The summed E-state index contributed by atoms with van der Waals surface area (Å²) in [5, 5.41) is 0. The van der Waals surface area contributed by atoms with Crippen LogP contribution in [0.1, 0.15) is 79.1 Å². The second kappa shape index (κ2) is 8.00. The fourth-order valence-electron chi connectivity index (χ4n) is 3.60. The molecule has 3 atom stereocenters. The lowest BCUT2D eigenvalue weighted by molar-refractivity contribution is -0.283. The number of rotatable bonds is 9. The van der Waals surface area contributed by atoms with E-state index in [1.54, 1.807) is 0 Å². The van der Waals surface area contributed by atoms with Crippen LogP contribution < -0.4 is 0 Å². The van der Waals surface area contributed by atoms with Gasteiger partial charge in [-0.25, -0.2) is 0 Å². The van der Waals surface area contributed by atoms with Crippen molar-refractivity contribution in [2.24, 2.45) is 5.41 Å². The van der Waals surface area contributed by atoms with Crippen molar-refractivity contribution in [3.63, 3.8) is 0 Å². The van der Waals surface area contributed by atoms with Crippen LogP contribution in [0, 0.1) is 5.41 Å². The minimum absolute atomic E-state index is 0.371. The smallest absolute Gasteiger partial charge is 0.346 e. The maximum absolute atomic E-state index is 13.0. The molecule has 0 saturated carbocycles. The Kier molecular flexibility index (Phi) is 7.19. The summed E-state index contributed by atoms with van der Waals surface area (Å²) in [5.74, 6) is -1.10. The Balaban J connectivity index is 2.85. The van der Waals surface area contributed by atoms with E-state index in [0.717, 1.165) is 44.9 Å². The monoisotopic (exact) mass is 324 g/mol. The molecule has 1 heterocycles. The van der Waals surface area contributed by atoms with E-state index in [1.165, 1.54) is 0 Å². The zero-order chi connectivity index (χ0) is 16.9. The Morgan fingerprint density at radius 1 is 1.00 bits per heavy atom. The third-order valence-electron chi connectivity index (χ3n) is 4.93. The first-order valence-corrected chi connectivity index (χ1v) is 8.63. The fourth-order valence-corrected chi connectivity index (χ4v) is 3.60. The first-order chi connectivity index (χ1) is 10.2. The summed E-state index contributed by atoms with van der Waals surface area (Å²) >= 11 is 0. The van der Waals surface area contributed by atoms with Gasteiger partial charge in [0, 0.05) is 5.41 Å². The van der Waals surface area contributed by atoms with Crippen molar-refractivity contribution >= 4 is 0 Å². The summed E-state index contributed by atoms with van der Waals surface area (Å²) in [5.41, 5.74) is -0.371. The van der Waals surface area contributed by atoms with Gasteiger partial charge in [-0.3, -0.25) is 0 Å². The summed E-state index contributed by atoms with van der Waals surface area (Å²) in [6.07, 6.45) is 1.30. The van der Waals surface area contributed by atoms with Crippen molar-refractivity contribution in [2.75, 3.05) is 6.61 Å². The van der Waals surface area contributed by atoms with Crippen molar-refractivity contribution in [2.45, 2.75) is 97.1 Å². The van der Waals surface area contributed by atoms with Gasteiger partial charge in [-0.2, -0.15) is 13.2 Å². The van der Waals surface area contributed by atoms with Gasteiger partial charge in [0.2, 0.25) is 0 Å². The molecule has 0 spiro atoms. The largest absolute Gasteiger partial charge is 0.417 e. The molecule has 0 aliphatic carbocycles. The number of unbranched alkanes of at least 4 members (excludes halogenated alkanes) is 3. The predicted octanol–water partition coefficient (Wildman–Crippen LogP) is 5.85. The highest BCUT2D eigenvalue weighted by Crippen LogP contribution is 2.50. The van der Waals surface area contributed by atoms with E-state index in [-0.39, 0.29) is 12.0 Å². The Bertz CT molecular complexity index is 332. The molecular formula is C17H31F3O2. The summed E-state index contributed by atoms with van der Waals surface area (Å²) < 4.78 is 50.0. The van der Waals surface area contributed by atoms with E-state index in [9.17, 15) is 13.2 Å². The Morgan fingerprint density at radius 2 is 1.68 bits per heavy atom. The zero-order valence-corrected chi connectivity index (χ0v) is 14.4. The molecule has 1 saturated heterocycles. The topological polar surface area (TPSA) is 18.5 Å². The quantitative estimate of drug-likeness (QED) is 0.495. The van der Waals surface area contributed by atoms with E-state index >= 15 is 0 Å². The van der Waals surface area contributed by atoms with Crippen LogP contribution in [0.5, 0.6) is 0 Å². The van der Waals surface area contributed by atoms with Gasteiger partial charge in [0.15, 0.2) is 11.9 Å². The fraction of sp³-hybridized carbons (Fsp3) is 1.00. The summed E-state index contributed by atoms with van der Waals surface area (Å²) in [6, 6.07) is 0. The third-order valence-corrected chi connectivity index (χ3v) is 4.93. The van der Waals surface area contributed by atoms with E-state index < -0.39 is 18.1 Å². The molecule has 22 heavy (non-hydrogen) atoms. The molecule has 0 bridgehead atoms. The summed E-state index contributed by atoms with van der Waals surface area (Å²) in [7, 11) is 0. The van der Waals surface area contributed by atoms with Crippen LogP contribution in [-0.4, -0.2) is 24.7 Å². The van der Waals surface area contributed by atoms with Gasteiger partial charge >= 0.3 is 6.18 Å². The maximum atomic E-state index is 13.0. The zero-order valence-electron chi connectivity index (χ0n) is 14.4. The van der Waals surface area contributed by atoms with Crippen molar-refractivity contribution in [1.82, 2.24) is 0 Å². The minimum Gasteiger partial charge on any atom is -0.346 e. The molecule has 0 radical (unpaired) electrons. The van der Waals surface area contributed by atoms with E-state index in [0.29, 0.717) is 6.42 Å². The molecule has 2 nitrogen and oxygen atoms in total. The third kappa shape index (κ3) is 4.38. The van der Waals surface area contributed by atoms with Crippen LogP contribution in [-0.2, 0) is 9.47 Å². The molecule has 1 fully saturated rings. The molecule has 1 unspecified atom stereocenters. The molecule has 0 N–H and O–H groups in total. The summed E-state index contributed by atoms with van der Waals surface area (Å²) in [6.45, 7) is 7.72. The maximum Gasteiger partial charge on any atom is 0.417 e. The normalized spacial score (nSPS) is 28.8. The second-order valence-corrected chi connectivity index (χ2v) is 6.69.